The molecule has 2 bridgehead atoms. The number of hydrogen-bond donors (Lipinski definition) is 1. The van der Waals surface area contributed by atoms with E-state index in [1.807, 2.05) is 4.90 Å². The van der Waals surface area contributed by atoms with Gasteiger partial charge in [-0.1, -0.05) is 6.07 Å². The topological polar surface area (TPSA) is 62.6 Å². The Labute approximate surface area is 175 Å². The largest absolute Gasteiger partial charge is 0.378 e. The van der Waals surface area contributed by atoms with Crippen molar-refractivity contribution in [1.29, 1.82) is 0 Å². The standard InChI is InChI=1S/C21H29N5O2S/c1-24-19(12-18(23-24)20-3-2-10-29-20)17-14-26-5-4-15(17)11-16(26)13-22-21(27)25-6-8-28-9-7-25/h2-3,10,12,15-17H,4-9,11,13-14H2,1H3,(H,22,27)/t15-,16+,17+/m0/s1. The van der Waals surface area contributed by atoms with Crippen molar-refractivity contribution < 1.29 is 9.53 Å². The summed E-state index contributed by atoms with van der Waals surface area (Å²) >= 11 is 1.74. The highest BCUT2D eigenvalue weighted by atomic mass is 32.1. The quantitative estimate of drug-likeness (QED) is 0.833. The molecule has 8 heteroatoms. The number of hydrogen-bond acceptors (Lipinski definition) is 5. The Morgan fingerprint density at radius 1 is 1.34 bits per heavy atom. The minimum atomic E-state index is 0.0553. The number of carbonyl (C=O) groups excluding carboxylic acids is 1. The molecule has 7 nitrogen and oxygen atoms in total. The number of fused-ring (bicyclic) bond motifs is 3. The van der Waals surface area contributed by atoms with Gasteiger partial charge in [0, 0.05) is 50.9 Å². The molecule has 156 valence electrons. The van der Waals surface area contributed by atoms with Crippen molar-refractivity contribution >= 4 is 17.4 Å². The van der Waals surface area contributed by atoms with Crippen molar-refractivity contribution in [2.75, 3.05) is 45.9 Å². The molecule has 2 amide bonds. The number of thiophene rings is 1. The zero-order chi connectivity index (χ0) is 19.8. The van der Waals surface area contributed by atoms with Crippen molar-refractivity contribution in [2.24, 2.45) is 13.0 Å². The monoisotopic (exact) mass is 415 g/mol. The highest BCUT2D eigenvalue weighted by Gasteiger charge is 2.42. The molecule has 4 saturated heterocycles. The lowest BCUT2D eigenvalue weighted by molar-refractivity contribution is 0.0265. The van der Waals surface area contributed by atoms with E-state index in [9.17, 15) is 4.79 Å². The van der Waals surface area contributed by atoms with Gasteiger partial charge in [-0.3, -0.25) is 9.58 Å². The van der Waals surface area contributed by atoms with Gasteiger partial charge in [0.25, 0.3) is 0 Å². The Balaban J connectivity index is 1.22. The minimum absolute atomic E-state index is 0.0553. The average Bonchev–Trinajstić information content (AvgIpc) is 3.43. The highest BCUT2D eigenvalue weighted by molar-refractivity contribution is 7.13. The summed E-state index contributed by atoms with van der Waals surface area (Å²) in [6, 6.07) is 7.01. The number of morpholine rings is 1. The molecule has 6 rings (SSSR count). The van der Waals surface area contributed by atoms with Gasteiger partial charge in [0.05, 0.1) is 18.1 Å². The molecule has 6 heterocycles. The maximum atomic E-state index is 12.4. The lowest BCUT2D eigenvalue weighted by atomic mass is 9.74. The van der Waals surface area contributed by atoms with E-state index in [1.54, 1.807) is 11.3 Å². The third-order valence-electron chi connectivity index (χ3n) is 6.74. The van der Waals surface area contributed by atoms with E-state index >= 15 is 0 Å². The van der Waals surface area contributed by atoms with Crippen LogP contribution in [0.4, 0.5) is 4.79 Å². The van der Waals surface area contributed by atoms with Crippen LogP contribution in [0, 0.1) is 5.92 Å². The molecule has 4 aliphatic heterocycles. The van der Waals surface area contributed by atoms with E-state index in [2.05, 4.69) is 45.5 Å². The number of rotatable bonds is 4. The van der Waals surface area contributed by atoms with Gasteiger partial charge in [-0.25, -0.2) is 4.79 Å². The van der Waals surface area contributed by atoms with Crippen LogP contribution in [-0.4, -0.2) is 77.6 Å². The summed E-state index contributed by atoms with van der Waals surface area (Å²) < 4.78 is 7.42. The normalized spacial score (nSPS) is 29.2. The summed E-state index contributed by atoms with van der Waals surface area (Å²) in [5.74, 6) is 1.19. The van der Waals surface area contributed by atoms with Gasteiger partial charge in [-0.2, -0.15) is 5.10 Å². The van der Waals surface area contributed by atoms with E-state index in [1.165, 1.54) is 17.0 Å². The summed E-state index contributed by atoms with van der Waals surface area (Å²) in [5.41, 5.74) is 2.43. The number of amides is 2. The summed E-state index contributed by atoms with van der Waals surface area (Å²) in [7, 11) is 2.07. The Morgan fingerprint density at radius 3 is 2.93 bits per heavy atom. The first kappa shape index (κ1) is 19.1. The maximum Gasteiger partial charge on any atom is 0.317 e. The molecule has 29 heavy (non-hydrogen) atoms. The van der Waals surface area contributed by atoms with Crippen molar-refractivity contribution in [2.45, 2.75) is 24.8 Å². The molecule has 4 aliphatic rings. The summed E-state index contributed by atoms with van der Waals surface area (Å²) in [6.07, 6.45) is 2.38. The predicted octanol–water partition coefficient (Wildman–Crippen LogP) is 2.37. The van der Waals surface area contributed by atoms with Crippen LogP contribution in [0.1, 0.15) is 24.5 Å². The lowest BCUT2D eigenvalue weighted by Gasteiger charge is -2.50. The van der Waals surface area contributed by atoms with E-state index in [-0.39, 0.29) is 6.03 Å². The second-order valence-corrected chi connectivity index (χ2v) is 9.33. The summed E-state index contributed by atoms with van der Waals surface area (Å²) in [6.45, 7) is 5.61. The first-order valence-electron chi connectivity index (χ1n) is 10.6. The van der Waals surface area contributed by atoms with Gasteiger partial charge in [0.1, 0.15) is 5.69 Å². The number of aryl methyl sites for hydroxylation is 1. The van der Waals surface area contributed by atoms with Crippen molar-refractivity contribution in [3.8, 4) is 10.6 Å². The molecule has 2 aromatic rings. The van der Waals surface area contributed by atoms with E-state index in [0.29, 0.717) is 44.2 Å². The van der Waals surface area contributed by atoms with Gasteiger partial charge in [-0.05, 0) is 42.8 Å². The Hall–Kier alpha value is -1.90. The van der Waals surface area contributed by atoms with Crippen LogP contribution < -0.4 is 5.32 Å². The molecule has 2 aromatic heterocycles. The molecular weight excluding hydrogens is 386 g/mol. The predicted molar refractivity (Wildman–Crippen MR) is 113 cm³/mol. The molecular formula is C21H29N5O2S. The number of nitrogens with zero attached hydrogens (tertiary/aromatic N) is 4. The number of piperidine rings is 3. The highest BCUT2D eigenvalue weighted by Crippen LogP contribution is 2.42. The van der Waals surface area contributed by atoms with E-state index in [0.717, 1.165) is 31.7 Å². The third kappa shape index (κ3) is 3.81. The Bertz CT molecular complexity index is 845. The first-order valence-corrected chi connectivity index (χ1v) is 11.5. The SMILES string of the molecule is Cn1nc(-c2cccs2)cc1[C@@H]1CN2CC[C@H]1C[C@@H]2CNC(=O)N1CCOCC1. The fraction of sp³-hybridized carbons (Fsp3) is 0.619. The second kappa shape index (κ2) is 8.08. The Kier molecular flexibility index (Phi) is 5.32. The zero-order valence-corrected chi connectivity index (χ0v) is 17.7. The molecule has 0 aliphatic carbocycles. The molecule has 0 spiro atoms. The van der Waals surface area contributed by atoms with Crippen molar-refractivity contribution in [3.05, 3.63) is 29.3 Å². The number of urea groups is 1. The van der Waals surface area contributed by atoms with Crippen LogP contribution in [0.25, 0.3) is 10.6 Å². The van der Waals surface area contributed by atoms with Gasteiger partial charge in [0.2, 0.25) is 0 Å². The van der Waals surface area contributed by atoms with Crippen LogP contribution in [0.15, 0.2) is 23.6 Å². The third-order valence-corrected chi connectivity index (χ3v) is 7.63. The minimum Gasteiger partial charge on any atom is -0.378 e. The summed E-state index contributed by atoms with van der Waals surface area (Å²) in [4.78, 5) is 18.1. The molecule has 4 fully saturated rings. The van der Waals surface area contributed by atoms with Crippen LogP contribution in [0.3, 0.4) is 0 Å². The number of ether oxygens (including phenoxy) is 1. The van der Waals surface area contributed by atoms with Crippen molar-refractivity contribution in [1.82, 2.24) is 24.9 Å². The number of aromatic nitrogens is 2. The second-order valence-electron chi connectivity index (χ2n) is 8.38. The van der Waals surface area contributed by atoms with Gasteiger partial charge in [-0.15, -0.1) is 11.3 Å². The molecule has 0 radical (unpaired) electrons. The fourth-order valence-corrected chi connectivity index (χ4v) is 5.82. The van der Waals surface area contributed by atoms with Gasteiger partial charge >= 0.3 is 6.03 Å². The molecule has 0 saturated carbocycles. The first-order chi connectivity index (χ1) is 14.2. The van der Waals surface area contributed by atoms with E-state index < -0.39 is 0 Å². The maximum absolute atomic E-state index is 12.4. The molecule has 1 N–H and O–H groups in total. The van der Waals surface area contributed by atoms with Crippen LogP contribution in [0.5, 0.6) is 0 Å². The lowest BCUT2D eigenvalue weighted by Crippen LogP contribution is -2.57. The smallest absolute Gasteiger partial charge is 0.317 e. The average molecular weight is 416 g/mol. The van der Waals surface area contributed by atoms with Gasteiger partial charge < -0.3 is 15.0 Å². The summed E-state index contributed by atoms with van der Waals surface area (Å²) in [5, 5.41) is 10.1. The fourth-order valence-electron chi connectivity index (χ4n) is 5.14. The molecule has 1 unspecified atom stereocenters. The van der Waals surface area contributed by atoms with Crippen LogP contribution >= 0.6 is 11.3 Å². The number of carbonyl (C=O) groups is 1. The van der Waals surface area contributed by atoms with Crippen LogP contribution in [-0.2, 0) is 11.8 Å². The van der Waals surface area contributed by atoms with Gasteiger partial charge in [0.15, 0.2) is 0 Å². The van der Waals surface area contributed by atoms with Crippen LogP contribution in [0.2, 0.25) is 0 Å². The zero-order valence-electron chi connectivity index (χ0n) is 16.9. The van der Waals surface area contributed by atoms with Crippen molar-refractivity contribution in [3.63, 3.8) is 0 Å². The molecule has 4 atom stereocenters. The Morgan fingerprint density at radius 2 is 2.21 bits per heavy atom. The number of nitrogens with one attached hydrogen (secondary N) is 1. The molecule has 0 aromatic carbocycles. The van der Waals surface area contributed by atoms with E-state index in [4.69, 9.17) is 9.84 Å².